The highest BCUT2D eigenvalue weighted by atomic mass is 16.5. The van der Waals surface area contributed by atoms with Crippen molar-refractivity contribution in [3.8, 4) is 0 Å². The van der Waals surface area contributed by atoms with Gasteiger partial charge in [0, 0.05) is 12.2 Å². The number of ether oxygens (including phenoxy) is 1. The van der Waals surface area contributed by atoms with E-state index in [1.54, 1.807) is 0 Å². The van der Waals surface area contributed by atoms with Crippen LogP contribution in [0.15, 0.2) is 30.3 Å². The molecule has 104 valence electrons. The van der Waals surface area contributed by atoms with Gasteiger partial charge in [0.1, 0.15) is 0 Å². The number of nitrogens with one attached hydrogen (secondary N) is 1. The Balaban J connectivity index is 1.56. The number of likely N-dealkylation sites (tertiary alicyclic amines) is 1. The van der Waals surface area contributed by atoms with Crippen LogP contribution in [0.5, 0.6) is 0 Å². The van der Waals surface area contributed by atoms with Crippen LogP contribution >= 0.6 is 0 Å². The van der Waals surface area contributed by atoms with E-state index in [1.165, 1.54) is 32.4 Å². The number of rotatable bonds is 5. The number of carbonyl (C=O) groups excluding carboxylic acids is 1. The van der Waals surface area contributed by atoms with Crippen LogP contribution in [0.2, 0.25) is 0 Å². The van der Waals surface area contributed by atoms with Gasteiger partial charge in [-0.15, -0.1) is 0 Å². The molecule has 2 rings (SSSR count). The van der Waals surface area contributed by atoms with Crippen LogP contribution in [0.25, 0.3) is 0 Å². The van der Waals surface area contributed by atoms with Gasteiger partial charge < -0.3 is 9.64 Å². The fraction of sp³-hybridized carbons (Fsp3) is 0.533. The second kappa shape index (κ2) is 7.79. The summed E-state index contributed by atoms with van der Waals surface area (Å²) in [5, 5.41) is 2.71. The molecule has 0 unspecified atom stereocenters. The van der Waals surface area contributed by atoms with Crippen LogP contribution in [-0.4, -0.2) is 37.2 Å². The molecule has 1 aliphatic rings. The van der Waals surface area contributed by atoms with Gasteiger partial charge in [-0.05, 0) is 44.5 Å². The lowest BCUT2D eigenvalue weighted by atomic mass is 10.1. The highest BCUT2D eigenvalue weighted by Gasteiger charge is 2.09. The van der Waals surface area contributed by atoms with Gasteiger partial charge in [0.15, 0.2) is 0 Å². The Kier molecular flexibility index (Phi) is 5.69. The Bertz CT molecular complexity index is 375. The predicted octanol–water partition coefficient (Wildman–Crippen LogP) is 3.11. The van der Waals surface area contributed by atoms with Gasteiger partial charge >= 0.3 is 6.09 Å². The third-order valence-corrected chi connectivity index (χ3v) is 3.32. The van der Waals surface area contributed by atoms with Crippen LogP contribution in [0.4, 0.5) is 10.5 Å². The summed E-state index contributed by atoms with van der Waals surface area (Å²) in [6.45, 7) is 3.89. The molecule has 1 aromatic rings. The molecule has 1 heterocycles. The van der Waals surface area contributed by atoms with E-state index >= 15 is 0 Å². The van der Waals surface area contributed by atoms with Crippen molar-refractivity contribution < 1.29 is 9.53 Å². The van der Waals surface area contributed by atoms with Crippen molar-refractivity contribution in [2.24, 2.45) is 0 Å². The largest absolute Gasteiger partial charge is 0.449 e. The van der Waals surface area contributed by atoms with Gasteiger partial charge in [0.2, 0.25) is 0 Å². The molecular formula is C15H22N2O2. The van der Waals surface area contributed by atoms with Gasteiger partial charge in [0.05, 0.1) is 6.61 Å². The second-order valence-electron chi connectivity index (χ2n) is 4.88. The smallest absolute Gasteiger partial charge is 0.411 e. The zero-order chi connectivity index (χ0) is 13.3. The monoisotopic (exact) mass is 262 g/mol. The van der Waals surface area contributed by atoms with E-state index in [1.807, 2.05) is 30.3 Å². The highest BCUT2D eigenvalue weighted by Crippen LogP contribution is 2.09. The number of nitrogens with zero attached hydrogens (tertiary/aromatic N) is 1. The zero-order valence-corrected chi connectivity index (χ0v) is 11.3. The van der Waals surface area contributed by atoms with Crippen LogP contribution < -0.4 is 5.32 Å². The molecule has 1 amide bonds. The van der Waals surface area contributed by atoms with Crippen molar-refractivity contribution in [2.45, 2.75) is 25.7 Å². The molecule has 19 heavy (non-hydrogen) atoms. The van der Waals surface area contributed by atoms with Crippen LogP contribution in [0, 0.1) is 0 Å². The summed E-state index contributed by atoms with van der Waals surface area (Å²) in [6, 6.07) is 9.36. The van der Waals surface area contributed by atoms with Crippen LogP contribution in [0.1, 0.15) is 25.7 Å². The minimum atomic E-state index is -0.371. The average Bonchev–Trinajstić information content (AvgIpc) is 2.46. The topological polar surface area (TPSA) is 41.6 Å². The molecular weight excluding hydrogens is 240 g/mol. The van der Waals surface area contributed by atoms with E-state index < -0.39 is 0 Å². The first-order chi connectivity index (χ1) is 9.34. The lowest BCUT2D eigenvalue weighted by molar-refractivity contribution is 0.148. The lowest BCUT2D eigenvalue weighted by Crippen LogP contribution is -2.31. The maximum absolute atomic E-state index is 11.5. The number of hydrogen-bond acceptors (Lipinski definition) is 3. The minimum Gasteiger partial charge on any atom is -0.449 e. The molecule has 4 heteroatoms. The SMILES string of the molecule is O=C(Nc1ccccc1)OCCCN1CCCCC1. The first kappa shape index (κ1) is 13.9. The number of piperidine rings is 1. The van der Waals surface area contributed by atoms with E-state index in [4.69, 9.17) is 4.74 Å². The maximum Gasteiger partial charge on any atom is 0.411 e. The number of amides is 1. The summed E-state index contributed by atoms with van der Waals surface area (Å²) in [5.74, 6) is 0. The third-order valence-electron chi connectivity index (χ3n) is 3.32. The van der Waals surface area contributed by atoms with Crippen molar-refractivity contribution in [3.63, 3.8) is 0 Å². The first-order valence-corrected chi connectivity index (χ1v) is 7.06. The molecule has 1 aliphatic heterocycles. The quantitative estimate of drug-likeness (QED) is 0.829. The molecule has 1 fully saturated rings. The molecule has 1 saturated heterocycles. The normalized spacial score (nSPS) is 16.0. The van der Waals surface area contributed by atoms with Gasteiger partial charge in [-0.1, -0.05) is 24.6 Å². The highest BCUT2D eigenvalue weighted by molar-refractivity contribution is 5.84. The molecule has 0 bridgehead atoms. The summed E-state index contributed by atoms with van der Waals surface area (Å²) in [7, 11) is 0. The molecule has 4 nitrogen and oxygen atoms in total. The summed E-state index contributed by atoms with van der Waals surface area (Å²) >= 11 is 0. The molecule has 0 aromatic heterocycles. The van der Waals surface area contributed by atoms with Crippen molar-refractivity contribution >= 4 is 11.8 Å². The number of hydrogen-bond donors (Lipinski definition) is 1. The standard InChI is InChI=1S/C15H22N2O2/c18-15(16-14-8-3-1-4-9-14)19-13-7-12-17-10-5-2-6-11-17/h1,3-4,8-9H,2,5-7,10-13H2,(H,16,18). The van der Waals surface area contributed by atoms with Gasteiger partial charge in [-0.25, -0.2) is 4.79 Å². The van der Waals surface area contributed by atoms with E-state index in [-0.39, 0.29) is 6.09 Å². The molecule has 0 spiro atoms. The number of benzene rings is 1. The van der Waals surface area contributed by atoms with Gasteiger partial charge in [0.25, 0.3) is 0 Å². The molecule has 1 aromatic carbocycles. The summed E-state index contributed by atoms with van der Waals surface area (Å²) < 4.78 is 5.16. The summed E-state index contributed by atoms with van der Waals surface area (Å²) in [5.41, 5.74) is 0.767. The van der Waals surface area contributed by atoms with E-state index in [9.17, 15) is 4.79 Å². The summed E-state index contributed by atoms with van der Waals surface area (Å²) in [6.07, 6.45) is 4.49. The van der Waals surface area contributed by atoms with Gasteiger partial charge in [-0.2, -0.15) is 0 Å². The van der Waals surface area contributed by atoms with Crippen molar-refractivity contribution in [3.05, 3.63) is 30.3 Å². The number of anilines is 1. The molecule has 0 radical (unpaired) electrons. The second-order valence-corrected chi connectivity index (χ2v) is 4.88. The minimum absolute atomic E-state index is 0.371. The summed E-state index contributed by atoms with van der Waals surface area (Å²) in [4.78, 5) is 14.0. The Labute approximate surface area is 114 Å². The maximum atomic E-state index is 11.5. The fourth-order valence-corrected chi connectivity index (χ4v) is 2.31. The zero-order valence-electron chi connectivity index (χ0n) is 11.3. The fourth-order valence-electron chi connectivity index (χ4n) is 2.31. The Hall–Kier alpha value is -1.55. The predicted molar refractivity (Wildman–Crippen MR) is 76.3 cm³/mol. The van der Waals surface area contributed by atoms with E-state index in [0.717, 1.165) is 18.7 Å². The molecule has 0 aliphatic carbocycles. The molecule has 0 atom stereocenters. The van der Waals surface area contributed by atoms with Crippen molar-refractivity contribution in [2.75, 3.05) is 31.6 Å². The van der Waals surface area contributed by atoms with Crippen LogP contribution in [-0.2, 0) is 4.74 Å². The van der Waals surface area contributed by atoms with Crippen molar-refractivity contribution in [1.82, 2.24) is 4.90 Å². The molecule has 1 N–H and O–H groups in total. The number of carbonyl (C=O) groups is 1. The van der Waals surface area contributed by atoms with E-state index in [0.29, 0.717) is 6.61 Å². The third kappa shape index (κ3) is 5.30. The Morgan fingerprint density at radius 3 is 2.63 bits per heavy atom. The van der Waals surface area contributed by atoms with Crippen molar-refractivity contribution in [1.29, 1.82) is 0 Å². The number of para-hydroxylation sites is 1. The van der Waals surface area contributed by atoms with E-state index in [2.05, 4.69) is 10.2 Å². The Morgan fingerprint density at radius 1 is 1.16 bits per heavy atom. The first-order valence-electron chi connectivity index (χ1n) is 7.06. The van der Waals surface area contributed by atoms with Crippen LogP contribution in [0.3, 0.4) is 0 Å². The lowest BCUT2D eigenvalue weighted by Gasteiger charge is -2.26. The van der Waals surface area contributed by atoms with Gasteiger partial charge in [-0.3, -0.25) is 5.32 Å². The Morgan fingerprint density at radius 2 is 1.89 bits per heavy atom. The molecule has 0 saturated carbocycles. The average molecular weight is 262 g/mol.